The van der Waals surface area contributed by atoms with Crippen LogP contribution in [0.25, 0.3) is 0 Å². The summed E-state index contributed by atoms with van der Waals surface area (Å²) in [6, 6.07) is 0. The van der Waals surface area contributed by atoms with Crippen molar-refractivity contribution in [2.75, 3.05) is 32.8 Å². The summed E-state index contributed by atoms with van der Waals surface area (Å²) >= 11 is 0. The van der Waals surface area contributed by atoms with Crippen LogP contribution >= 0.6 is 0 Å². The second kappa shape index (κ2) is 6.65. The van der Waals surface area contributed by atoms with Crippen molar-refractivity contribution in [2.24, 2.45) is 0 Å². The highest BCUT2D eigenvalue weighted by atomic mass is 16.5. The minimum absolute atomic E-state index is 0.0145. The topological polar surface area (TPSA) is 55.2 Å². The molecule has 6 heteroatoms. The largest absolute Gasteiger partial charge is 0.374 e. The quantitative estimate of drug-likeness (QED) is 0.867. The van der Waals surface area contributed by atoms with Gasteiger partial charge in [-0.2, -0.15) is 0 Å². The molecule has 6 nitrogen and oxygen atoms in total. The van der Waals surface area contributed by atoms with Gasteiger partial charge in [0, 0.05) is 26.2 Å². The number of hydrogen-bond donors (Lipinski definition) is 1. The van der Waals surface area contributed by atoms with Crippen molar-refractivity contribution < 1.29 is 4.74 Å². The maximum absolute atomic E-state index is 5.76. The van der Waals surface area contributed by atoms with Crippen molar-refractivity contribution in [1.29, 1.82) is 0 Å². The van der Waals surface area contributed by atoms with Crippen LogP contribution in [0.1, 0.15) is 33.4 Å². The number of nitrogens with one attached hydrogen (secondary N) is 1. The Morgan fingerprint density at radius 2 is 2.25 bits per heavy atom. The molecular formula is C14H27N5O. The van der Waals surface area contributed by atoms with Crippen molar-refractivity contribution in [3.05, 3.63) is 11.9 Å². The van der Waals surface area contributed by atoms with Crippen LogP contribution in [0, 0.1) is 0 Å². The minimum Gasteiger partial charge on any atom is -0.374 e. The van der Waals surface area contributed by atoms with Gasteiger partial charge in [-0.25, -0.2) is 4.68 Å². The Bertz CT molecular complexity index is 412. The van der Waals surface area contributed by atoms with Gasteiger partial charge >= 0.3 is 0 Å². The fraction of sp³-hybridized carbons (Fsp3) is 0.857. The Morgan fingerprint density at radius 1 is 1.45 bits per heavy atom. The molecule has 0 aromatic carbocycles. The van der Waals surface area contributed by atoms with Gasteiger partial charge in [0.25, 0.3) is 0 Å². The zero-order valence-corrected chi connectivity index (χ0v) is 13.1. The number of hydrogen-bond acceptors (Lipinski definition) is 5. The van der Waals surface area contributed by atoms with Crippen LogP contribution in [0.4, 0.5) is 0 Å². The molecule has 0 spiro atoms. The monoisotopic (exact) mass is 281 g/mol. The molecule has 1 aliphatic rings. The molecule has 1 atom stereocenters. The van der Waals surface area contributed by atoms with Crippen LogP contribution in [0.5, 0.6) is 0 Å². The number of morpholine rings is 1. The first-order chi connectivity index (χ1) is 9.49. The fourth-order valence-corrected chi connectivity index (χ4v) is 2.26. The van der Waals surface area contributed by atoms with Gasteiger partial charge < -0.3 is 10.1 Å². The highest BCUT2D eigenvalue weighted by Gasteiger charge is 2.19. The smallest absolute Gasteiger partial charge is 0.0965 e. The average molecular weight is 281 g/mol. The van der Waals surface area contributed by atoms with E-state index in [-0.39, 0.29) is 11.6 Å². The van der Waals surface area contributed by atoms with Gasteiger partial charge in [0.1, 0.15) is 0 Å². The van der Waals surface area contributed by atoms with Gasteiger partial charge in [0.05, 0.1) is 30.1 Å². The van der Waals surface area contributed by atoms with E-state index < -0.39 is 0 Å². The van der Waals surface area contributed by atoms with Gasteiger partial charge in [0.2, 0.25) is 0 Å². The van der Waals surface area contributed by atoms with E-state index in [1.807, 2.05) is 10.9 Å². The number of aromatic nitrogens is 3. The van der Waals surface area contributed by atoms with Crippen LogP contribution < -0.4 is 5.32 Å². The molecule has 1 aromatic heterocycles. The molecule has 1 fully saturated rings. The molecule has 0 saturated carbocycles. The van der Waals surface area contributed by atoms with Crippen LogP contribution in [-0.4, -0.2) is 58.8 Å². The second-order valence-electron chi connectivity index (χ2n) is 6.34. The first kappa shape index (κ1) is 15.4. The van der Waals surface area contributed by atoms with Crippen LogP contribution in [0.2, 0.25) is 0 Å². The van der Waals surface area contributed by atoms with Gasteiger partial charge in [-0.15, -0.1) is 5.10 Å². The van der Waals surface area contributed by atoms with E-state index >= 15 is 0 Å². The lowest BCUT2D eigenvalue weighted by atomic mass is 10.1. The summed E-state index contributed by atoms with van der Waals surface area (Å²) in [5.41, 5.74) is 0.961. The van der Waals surface area contributed by atoms with Crippen molar-refractivity contribution >= 4 is 0 Å². The van der Waals surface area contributed by atoms with Crippen molar-refractivity contribution in [2.45, 2.75) is 45.9 Å². The first-order valence-electron chi connectivity index (χ1n) is 7.45. The summed E-state index contributed by atoms with van der Waals surface area (Å²) < 4.78 is 7.66. The maximum atomic E-state index is 5.76. The predicted octanol–water partition coefficient (Wildman–Crippen LogP) is 0.843. The molecule has 1 unspecified atom stereocenters. The van der Waals surface area contributed by atoms with Gasteiger partial charge in [0.15, 0.2) is 0 Å². The molecule has 1 saturated heterocycles. The Kier molecular flexibility index (Phi) is 5.12. The molecule has 0 amide bonds. The summed E-state index contributed by atoms with van der Waals surface area (Å²) in [5.74, 6) is 0. The maximum Gasteiger partial charge on any atom is 0.0965 e. The molecule has 20 heavy (non-hydrogen) atoms. The lowest BCUT2D eigenvalue weighted by Crippen LogP contribution is -2.46. The Balaban J connectivity index is 1.74. The Hall–Kier alpha value is -0.980. The molecule has 0 bridgehead atoms. The van der Waals surface area contributed by atoms with Crippen LogP contribution in [0.15, 0.2) is 6.20 Å². The molecule has 1 aliphatic heterocycles. The van der Waals surface area contributed by atoms with E-state index in [0.29, 0.717) is 0 Å². The van der Waals surface area contributed by atoms with Gasteiger partial charge in [-0.1, -0.05) is 12.1 Å². The number of rotatable bonds is 5. The average Bonchev–Trinajstić information content (AvgIpc) is 2.88. The standard InChI is InChI=1S/C14H27N5O/c1-5-18-6-7-20-13(11-18)9-15-8-12-10-19(17-16-12)14(2,3)4/h10,13,15H,5-9,11H2,1-4H3. The number of likely N-dealkylation sites (N-methyl/N-ethyl adjacent to an activating group) is 1. The highest BCUT2D eigenvalue weighted by Crippen LogP contribution is 2.11. The minimum atomic E-state index is -0.0145. The van der Waals surface area contributed by atoms with E-state index in [0.717, 1.165) is 45.0 Å². The molecule has 2 rings (SSSR count). The summed E-state index contributed by atoms with van der Waals surface area (Å²) in [4.78, 5) is 2.42. The lowest BCUT2D eigenvalue weighted by Gasteiger charge is -2.32. The summed E-state index contributed by atoms with van der Waals surface area (Å²) in [6.45, 7) is 14.1. The lowest BCUT2D eigenvalue weighted by molar-refractivity contribution is -0.0254. The van der Waals surface area contributed by atoms with Crippen molar-refractivity contribution in [3.8, 4) is 0 Å². The summed E-state index contributed by atoms with van der Waals surface area (Å²) in [7, 11) is 0. The van der Waals surface area contributed by atoms with E-state index in [1.54, 1.807) is 0 Å². The Labute approximate surface area is 121 Å². The zero-order chi connectivity index (χ0) is 14.6. The molecule has 0 radical (unpaired) electrons. The third kappa shape index (κ3) is 4.26. The summed E-state index contributed by atoms with van der Waals surface area (Å²) in [5, 5.41) is 11.8. The van der Waals surface area contributed by atoms with E-state index in [4.69, 9.17) is 4.74 Å². The molecule has 1 aromatic rings. The molecule has 0 aliphatic carbocycles. The van der Waals surface area contributed by atoms with Crippen molar-refractivity contribution in [1.82, 2.24) is 25.2 Å². The fourth-order valence-electron chi connectivity index (χ4n) is 2.26. The SMILES string of the molecule is CCN1CCOC(CNCc2cn(C(C)(C)C)nn2)C1. The van der Waals surface area contributed by atoms with E-state index in [9.17, 15) is 0 Å². The van der Waals surface area contributed by atoms with Crippen LogP contribution in [-0.2, 0) is 16.8 Å². The summed E-state index contributed by atoms with van der Waals surface area (Å²) in [6.07, 6.45) is 2.29. The Morgan fingerprint density at radius 3 is 2.90 bits per heavy atom. The van der Waals surface area contributed by atoms with Gasteiger partial charge in [-0.3, -0.25) is 4.90 Å². The first-order valence-corrected chi connectivity index (χ1v) is 7.45. The highest BCUT2D eigenvalue weighted by molar-refractivity contribution is 4.94. The predicted molar refractivity (Wildman–Crippen MR) is 78.6 cm³/mol. The van der Waals surface area contributed by atoms with Crippen molar-refractivity contribution in [3.63, 3.8) is 0 Å². The van der Waals surface area contributed by atoms with Crippen LogP contribution in [0.3, 0.4) is 0 Å². The zero-order valence-electron chi connectivity index (χ0n) is 13.1. The number of nitrogens with zero attached hydrogens (tertiary/aromatic N) is 4. The third-order valence-electron chi connectivity index (χ3n) is 3.58. The van der Waals surface area contributed by atoms with Gasteiger partial charge in [-0.05, 0) is 27.3 Å². The normalized spacial score (nSPS) is 21.3. The molecule has 114 valence electrons. The number of ether oxygens (including phenoxy) is 1. The molecule has 2 heterocycles. The second-order valence-corrected chi connectivity index (χ2v) is 6.34. The molecule has 1 N–H and O–H groups in total. The van der Waals surface area contributed by atoms with E-state index in [2.05, 4.69) is 48.2 Å². The van der Waals surface area contributed by atoms with E-state index in [1.165, 1.54) is 0 Å². The molecular weight excluding hydrogens is 254 g/mol. The third-order valence-corrected chi connectivity index (χ3v) is 3.58.